The highest BCUT2D eigenvalue weighted by Gasteiger charge is 2.34. The highest BCUT2D eigenvalue weighted by Crippen LogP contribution is 2.35. The minimum absolute atomic E-state index is 0.0546. The van der Waals surface area contributed by atoms with Crippen molar-refractivity contribution >= 4 is 34.2 Å². The Balaban J connectivity index is 2.38. The number of hydrogen-bond donors (Lipinski definition) is 1. The van der Waals surface area contributed by atoms with Gasteiger partial charge in [-0.05, 0) is 39.3 Å². The topological polar surface area (TPSA) is 87.9 Å². The van der Waals surface area contributed by atoms with Gasteiger partial charge in [-0.1, -0.05) is 23.1 Å². The number of nitriles is 1. The smallest absolute Gasteiger partial charge is 0.433 e. The molecule has 0 aliphatic carbocycles. The average molecular weight is 445 g/mol. The van der Waals surface area contributed by atoms with Gasteiger partial charge in [0, 0.05) is 11.8 Å². The summed E-state index contributed by atoms with van der Waals surface area (Å²) in [4.78, 5) is 20.5. The highest BCUT2D eigenvalue weighted by atomic mass is 32.2. The molecule has 0 aliphatic heterocycles. The predicted octanol–water partition coefficient (Wildman–Crippen LogP) is 5.03. The van der Waals surface area contributed by atoms with Crippen LogP contribution in [0.25, 0.3) is 0 Å². The van der Waals surface area contributed by atoms with Crippen LogP contribution in [0, 0.1) is 18.3 Å². The van der Waals surface area contributed by atoms with Crippen LogP contribution < -0.4 is 5.32 Å². The Morgan fingerprint density at radius 1 is 1.41 bits per heavy atom. The molecule has 11 heteroatoms. The van der Waals surface area contributed by atoms with E-state index in [0.717, 1.165) is 29.2 Å². The van der Waals surface area contributed by atoms with Gasteiger partial charge in [-0.3, -0.25) is 0 Å². The van der Waals surface area contributed by atoms with Gasteiger partial charge < -0.3 is 10.1 Å². The molecule has 0 fully saturated rings. The molecule has 0 radical (unpaired) electrons. The normalized spacial score (nSPS) is 11.4. The van der Waals surface area contributed by atoms with Gasteiger partial charge in [0.15, 0.2) is 5.13 Å². The van der Waals surface area contributed by atoms with Crippen molar-refractivity contribution in [1.82, 2.24) is 9.97 Å². The predicted molar refractivity (Wildman–Crippen MR) is 105 cm³/mol. The minimum atomic E-state index is -4.63. The number of halogens is 3. The Morgan fingerprint density at radius 3 is 2.66 bits per heavy atom. The zero-order chi connectivity index (χ0) is 21.8. The lowest BCUT2D eigenvalue weighted by atomic mass is 10.1. The van der Waals surface area contributed by atoms with Gasteiger partial charge in [0.25, 0.3) is 0 Å². The van der Waals surface area contributed by atoms with Crippen molar-refractivity contribution < 1.29 is 22.7 Å². The molecule has 0 spiro atoms. The number of anilines is 1. The number of thioether (sulfide) groups is 1. The molecule has 0 aliphatic rings. The zero-order valence-electron chi connectivity index (χ0n) is 16.2. The Bertz CT molecular complexity index is 936. The molecule has 0 unspecified atom stereocenters. The van der Waals surface area contributed by atoms with Crippen molar-refractivity contribution in [2.24, 2.45) is 0 Å². The number of aromatic nitrogens is 2. The molecule has 0 atom stereocenters. The van der Waals surface area contributed by atoms with Gasteiger partial charge in [-0.15, -0.1) is 0 Å². The molecule has 2 aromatic rings. The number of esters is 1. The number of alkyl halides is 3. The van der Waals surface area contributed by atoms with Crippen LogP contribution in [0.5, 0.6) is 0 Å². The van der Waals surface area contributed by atoms with Crippen molar-refractivity contribution in [1.29, 1.82) is 5.26 Å². The standard InChI is InChI=1S/C18H19F3N4O2S2/c1-5-27-16(26)14-12(24-17(29-14)23-9(2)3)8-28-15-11(7-22)10(4)6-13(25-15)18(19,20)21/h6,9H,5,8H2,1-4H3,(H,23,24). The monoisotopic (exact) mass is 444 g/mol. The largest absolute Gasteiger partial charge is 0.462 e. The first-order chi connectivity index (χ1) is 13.6. The first-order valence-corrected chi connectivity index (χ1v) is 10.4. The van der Waals surface area contributed by atoms with Gasteiger partial charge in [0.1, 0.15) is 21.7 Å². The number of aryl methyl sites for hydroxylation is 1. The van der Waals surface area contributed by atoms with Gasteiger partial charge in [-0.2, -0.15) is 18.4 Å². The Morgan fingerprint density at radius 2 is 2.10 bits per heavy atom. The van der Waals surface area contributed by atoms with Crippen molar-refractivity contribution in [2.45, 2.75) is 50.7 Å². The fraction of sp³-hybridized carbons (Fsp3) is 0.444. The maximum absolute atomic E-state index is 13.1. The Labute approximate surface area is 174 Å². The number of hydrogen-bond acceptors (Lipinski definition) is 8. The molecule has 1 N–H and O–H groups in total. The Hall–Kier alpha value is -2.32. The van der Waals surface area contributed by atoms with Crippen molar-refractivity contribution in [3.05, 3.63) is 33.5 Å². The van der Waals surface area contributed by atoms with Crippen LogP contribution in [-0.2, 0) is 16.7 Å². The van der Waals surface area contributed by atoms with E-state index in [9.17, 15) is 23.2 Å². The molecule has 0 aromatic carbocycles. The molecular weight excluding hydrogens is 425 g/mol. The molecule has 0 bridgehead atoms. The number of rotatable bonds is 7. The number of ether oxygens (including phenoxy) is 1. The fourth-order valence-electron chi connectivity index (χ4n) is 2.28. The van der Waals surface area contributed by atoms with E-state index >= 15 is 0 Å². The summed E-state index contributed by atoms with van der Waals surface area (Å²) < 4.78 is 44.3. The van der Waals surface area contributed by atoms with E-state index in [2.05, 4.69) is 15.3 Å². The number of thiazole rings is 1. The van der Waals surface area contributed by atoms with E-state index in [1.165, 1.54) is 6.92 Å². The maximum Gasteiger partial charge on any atom is 0.433 e. The third kappa shape index (κ3) is 5.83. The third-order valence-corrected chi connectivity index (χ3v) is 5.50. The van der Waals surface area contributed by atoms with Crippen LogP contribution in [-0.4, -0.2) is 28.6 Å². The number of pyridine rings is 1. The summed E-state index contributed by atoms with van der Waals surface area (Å²) in [6.07, 6.45) is -4.63. The molecule has 0 amide bonds. The summed E-state index contributed by atoms with van der Waals surface area (Å²) in [6.45, 7) is 7.11. The van der Waals surface area contributed by atoms with E-state index in [-0.39, 0.29) is 39.4 Å². The summed E-state index contributed by atoms with van der Waals surface area (Å²) >= 11 is 2.04. The summed E-state index contributed by atoms with van der Waals surface area (Å²) in [7, 11) is 0. The van der Waals surface area contributed by atoms with E-state index < -0.39 is 17.8 Å². The third-order valence-electron chi connectivity index (χ3n) is 3.50. The molecule has 2 aromatic heterocycles. The second-order valence-corrected chi connectivity index (χ2v) is 8.18. The van der Waals surface area contributed by atoms with Crippen LogP contribution in [0.3, 0.4) is 0 Å². The van der Waals surface area contributed by atoms with Crippen LogP contribution in [0.4, 0.5) is 18.3 Å². The van der Waals surface area contributed by atoms with Gasteiger partial charge >= 0.3 is 12.1 Å². The van der Waals surface area contributed by atoms with Gasteiger partial charge in [0.05, 0.1) is 17.9 Å². The lowest BCUT2D eigenvalue weighted by Crippen LogP contribution is -2.10. The average Bonchev–Trinajstić information content (AvgIpc) is 3.01. The molecule has 0 saturated carbocycles. The molecule has 6 nitrogen and oxygen atoms in total. The fourth-order valence-corrected chi connectivity index (χ4v) is 4.39. The maximum atomic E-state index is 13.1. The molecule has 29 heavy (non-hydrogen) atoms. The number of carbonyl (C=O) groups excluding carboxylic acids is 1. The molecular formula is C18H19F3N4O2S2. The molecule has 156 valence electrons. The van der Waals surface area contributed by atoms with Crippen molar-refractivity contribution in [2.75, 3.05) is 11.9 Å². The van der Waals surface area contributed by atoms with E-state index in [1.54, 1.807) is 6.92 Å². The van der Waals surface area contributed by atoms with Crippen LogP contribution in [0.2, 0.25) is 0 Å². The highest BCUT2D eigenvalue weighted by molar-refractivity contribution is 7.98. The second-order valence-electron chi connectivity index (χ2n) is 6.22. The zero-order valence-corrected chi connectivity index (χ0v) is 17.8. The van der Waals surface area contributed by atoms with Crippen LogP contribution in [0.15, 0.2) is 11.1 Å². The summed E-state index contributed by atoms with van der Waals surface area (Å²) in [5.74, 6) is -0.488. The van der Waals surface area contributed by atoms with E-state index in [1.807, 2.05) is 19.9 Å². The summed E-state index contributed by atoms with van der Waals surface area (Å²) in [6, 6.07) is 2.82. The summed E-state index contributed by atoms with van der Waals surface area (Å²) in [5.41, 5.74) is -0.454. The quantitative estimate of drug-likeness (QED) is 0.473. The molecule has 0 saturated heterocycles. The first-order valence-electron chi connectivity index (χ1n) is 8.61. The number of nitrogens with zero attached hydrogens (tertiary/aromatic N) is 3. The first kappa shape index (κ1) is 23.0. The lowest BCUT2D eigenvalue weighted by Gasteiger charge is -2.11. The van der Waals surface area contributed by atoms with Crippen LogP contribution in [0.1, 0.15) is 53.0 Å². The number of carbonyl (C=O) groups is 1. The minimum Gasteiger partial charge on any atom is -0.462 e. The second kappa shape index (κ2) is 9.45. The Kier molecular flexibility index (Phi) is 7.48. The summed E-state index contributed by atoms with van der Waals surface area (Å²) in [5, 5.41) is 12.9. The van der Waals surface area contributed by atoms with Crippen LogP contribution >= 0.6 is 23.1 Å². The molecule has 2 heterocycles. The van der Waals surface area contributed by atoms with E-state index in [4.69, 9.17) is 4.74 Å². The van der Waals surface area contributed by atoms with Gasteiger partial charge in [-0.25, -0.2) is 14.8 Å². The SMILES string of the molecule is CCOC(=O)c1sc(NC(C)C)nc1CSc1nc(C(F)(F)F)cc(C)c1C#N. The van der Waals surface area contributed by atoms with Crippen molar-refractivity contribution in [3.63, 3.8) is 0 Å². The van der Waals surface area contributed by atoms with Gasteiger partial charge in [0.2, 0.25) is 0 Å². The van der Waals surface area contributed by atoms with E-state index in [0.29, 0.717) is 10.8 Å². The number of nitrogens with one attached hydrogen (secondary N) is 1. The molecule has 2 rings (SSSR count). The lowest BCUT2D eigenvalue weighted by molar-refractivity contribution is -0.141. The van der Waals surface area contributed by atoms with Crippen molar-refractivity contribution in [3.8, 4) is 6.07 Å².